The molecule has 1 atom stereocenters. The lowest BCUT2D eigenvalue weighted by molar-refractivity contribution is 0.235. The van der Waals surface area contributed by atoms with Gasteiger partial charge in [0.1, 0.15) is 0 Å². The van der Waals surface area contributed by atoms with Crippen molar-refractivity contribution in [1.82, 2.24) is 10.2 Å². The van der Waals surface area contributed by atoms with Gasteiger partial charge in [0.2, 0.25) is 0 Å². The lowest BCUT2D eigenvalue weighted by Crippen LogP contribution is -2.36. The fraction of sp³-hybridized carbons (Fsp3) is 0.562. The van der Waals surface area contributed by atoms with Crippen molar-refractivity contribution in [1.29, 1.82) is 0 Å². The number of halogens is 3. The van der Waals surface area contributed by atoms with E-state index in [4.69, 9.17) is 28.9 Å². The Kier molecular flexibility index (Phi) is 9.58. The standard InChI is InChI=1S/C16H24Cl2N4.HI/c1-12(14-6-5-13(17)11-15(14)18)21-16(19)20-7-10-22-8-3-2-4-9-22;/h5-6,11-12H,2-4,7-10H2,1H3,(H3,19,20,21);1H. The second-order valence-electron chi connectivity index (χ2n) is 5.70. The molecule has 1 fully saturated rings. The topological polar surface area (TPSA) is 53.6 Å². The summed E-state index contributed by atoms with van der Waals surface area (Å²) in [5.41, 5.74) is 6.92. The Morgan fingerprint density at radius 1 is 1.30 bits per heavy atom. The van der Waals surface area contributed by atoms with Gasteiger partial charge in [-0.2, -0.15) is 0 Å². The first kappa shape index (κ1) is 20.8. The summed E-state index contributed by atoms with van der Waals surface area (Å²) in [7, 11) is 0. The van der Waals surface area contributed by atoms with Crippen molar-refractivity contribution in [3.8, 4) is 0 Å². The highest BCUT2D eigenvalue weighted by atomic mass is 127. The molecule has 0 bridgehead atoms. The van der Waals surface area contributed by atoms with Crippen LogP contribution in [0.5, 0.6) is 0 Å². The third-order valence-corrected chi connectivity index (χ3v) is 4.50. The molecule has 130 valence electrons. The average molecular weight is 471 g/mol. The third-order valence-electron chi connectivity index (χ3n) is 3.94. The van der Waals surface area contributed by atoms with E-state index in [9.17, 15) is 0 Å². The smallest absolute Gasteiger partial charge is 0.189 e. The molecule has 0 aromatic heterocycles. The maximum absolute atomic E-state index is 6.20. The predicted molar refractivity (Wildman–Crippen MR) is 110 cm³/mol. The van der Waals surface area contributed by atoms with Gasteiger partial charge in [-0.25, -0.2) is 0 Å². The van der Waals surface area contributed by atoms with E-state index < -0.39 is 0 Å². The van der Waals surface area contributed by atoms with E-state index in [1.807, 2.05) is 19.1 Å². The summed E-state index contributed by atoms with van der Waals surface area (Å²) >= 11 is 12.1. The Labute approximate surface area is 165 Å². The van der Waals surface area contributed by atoms with E-state index in [2.05, 4.69) is 15.2 Å². The molecule has 1 unspecified atom stereocenters. The van der Waals surface area contributed by atoms with E-state index in [0.717, 1.165) is 18.7 Å². The monoisotopic (exact) mass is 470 g/mol. The number of nitrogens with zero attached hydrogens (tertiary/aromatic N) is 2. The maximum atomic E-state index is 6.20. The van der Waals surface area contributed by atoms with Gasteiger partial charge in [0, 0.05) is 16.6 Å². The van der Waals surface area contributed by atoms with Crippen molar-refractivity contribution >= 4 is 53.1 Å². The lowest BCUT2D eigenvalue weighted by Gasteiger charge is -2.25. The average Bonchev–Trinajstić information content (AvgIpc) is 2.48. The number of nitrogens with one attached hydrogen (secondary N) is 1. The first-order valence-corrected chi connectivity index (χ1v) is 8.55. The van der Waals surface area contributed by atoms with E-state index in [1.165, 1.54) is 32.4 Å². The molecule has 1 aliphatic heterocycles. The molecule has 1 saturated heterocycles. The fourth-order valence-electron chi connectivity index (χ4n) is 2.69. The number of hydrogen-bond acceptors (Lipinski definition) is 2. The molecule has 1 aromatic rings. The van der Waals surface area contributed by atoms with Crippen molar-refractivity contribution in [2.45, 2.75) is 32.2 Å². The van der Waals surface area contributed by atoms with Crippen LogP contribution in [0.1, 0.15) is 37.8 Å². The lowest BCUT2D eigenvalue weighted by atomic mass is 10.1. The Balaban J connectivity index is 0.00000264. The van der Waals surface area contributed by atoms with Crippen molar-refractivity contribution in [2.75, 3.05) is 26.2 Å². The highest BCUT2D eigenvalue weighted by Crippen LogP contribution is 2.25. The summed E-state index contributed by atoms with van der Waals surface area (Å²) in [4.78, 5) is 6.85. The van der Waals surface area contributed by atoms with E-state index in [-0.39, 0.29) is 30.0 Å². The molecule has 0 spiro atoms. The molecule has 0 saturated carbocycles. The normalized spacial score (nSPS) is 17.4. The van der Waals surface area contributed by atoms with E-state index >= 15 is 0 Å². The molecule has 7 heteroatoms. The van der Waals surface area contributed by atoms with Crippen LogP contribution >= 0.6 is 47.2 Å². The summed E-state index contributed by atoms with van der Waals surface area (Å²) in [6.45, 7) is 6.06. The molecular weight excluding hydrogens is 446 g/mol. The van der Waals surface area contributed by atoms with Gasteiger partial charge >= 0.3 is 0 Å². The number of piperidine rings is 1. The number of benzene rings is 1. The quantitative estimate of drug-likeness (QED) is 0.387. The number of guanidine groups is 1. The largest absolute Gasteiger partial charge is 0.370 e. The Morgan fingerprint density at radius 3 is 2.65 bits per heavy atom. The van der Waals surface area contributed by atoms with Crippen LogP contribution in [0.15, 0.2) is 23.2 Å². The third kappa shape index (κ3) is 7.03. The zero-order chi connectivity index (χ0) is 15.9. The fourth-order valence-corrected chi connectivity index (χ4v) is 3.26. The first-order chi connectivity index (χ1) is 10.6. The molecule has 0 aliphatic carbocycles. The van der Waals surface area contributed by atoms with Crippen LogP contribution in [0.25, 0.3) is 0 Å². The minimum Gasteiger partial charge on any atom is -0.370 e. The van der Waals surface area contributed by atoms with Crippen LogP contribution in [0, 0.1) is 0 Å². The van der Waals surface area contributed by atoms with E-state index in [1.54, 1.807) is 6.07 Å². The van der Waals surface area contributed by atoms with Gasteiger partial charge in [-0.3, -0.25) is 4.99 Å². The van der Waals surface area contributed by atoms with Gasteiger partial charge in [-0.1, -0.05) is 35.7 Å². The second kappa shape index (κ2) is 10.6. The molecule has 4 nitrogen and oxygen atoms in total. The van der Waals surface area contributed by atoms with Crippen LogP contribution in [0.2, 0.25) is 10.0 Å². The number of hydrogen-bond donors (Lipinski definition) is 2. The molecule has 1 aliphatic rings. The number of nitrogens with two attached hydrogens (primary N) is 1. The summed E-state index contributed by atoms with van der Waals surface area (Å²) in [5.74, 6) is 0.454. The van der Waals surface area contributed by atoms with Crippen LogP contribution in [-0.4, -0.2) is 37.0 Å². The molecule has 3 N–H and O–H groups in total. The van der Waals surface area contributed by atoms with Crippen LogP contribution < -0.4 is 11.1 Å². The maximum Gasteiger partial charge on any atom is 0.189 e. The van der Waals surface area contributed by atoms with Gasteiger partial charge in [0.15, 0.2) is 5.96 Å². The van der Waals surface area contributed by atoms with Crippen LogP contribution in [0.4, 0.5) is 0 Å². The van der Waals surface area contributed by atoms with Crippen molar-refractivity contribution in [3.63, 3.8) is 0 Å². The Hall–Kier alpha value is -0.240. The summed E-state index contributed by atoms with van der Waals surface area (Å²) in [6.07, 6.45) is 3.94. The highest BCUT2D eigenvalue weighted by Gasteiger charge is 2.11. The molecule has 1 aromatic carbocycles. The minimum atomic E-state index is -0.0106. The number of likely N-dealkylation sites (tertiary alicyclic amines) is 1. The summed E-state index contributed by atoms with van der Waals surface area (Å²) in [6, 6.07) is 5.46. The Bertz CT molecular complexity index is 519. The summed E-state index contributed by atoms with van der Waals surface area (Å²) in [5, 5.41) is 4.44. The number of rotatable bonds is 5. The van der Waals surface area contributed by atoms with Crippen molar-refractivity contribution < 1.29 is 0 Å². The predicted octanol–water partition coefficient (Wildman–Crippen LogP) is 4.06. The van der Waals surface area contributed by atoms with Crippen LogP contribution in [0.3, 0.4) is 0 Å². The highest BCUT2D eigenvalue weighted by molar-refractivity contribution is 14.0. The Morgan fingerprint density at radius 2 is 2.00 bits per heavy atom. The van der Waals surface area contributed by atoms with Gasteiger partial charge in [0.25, 0.3) is 0 Å². The van der Waals surface area contributed by atoms with Gasteiger partial charge in [0.05, 0.1) is 12.6 Å². The molecular formula is C16H25Cl2IN4. The van der Waals surface area contributed by atoms with Crippen LogP contribution in [-0.2, 0) is 0 Å². The molecule has 1 heterocycles. The van der Waals surface area contributed by atoms with Crippen molar-refractivity contribution in [3.05, 3.63) is 33.8 Å². The second-order valence-corrected chi connectivity index (χ2v) is 6.54. The van der Waals surface area contributed by atoms with E-state index in [0.29, 0.717) is 16.0 Å². The molecule has 0 amide bonds. The zero-order valence-electron chi connectivity index (χ0n) is 13.4. The summed E-state index contributed by atoms with van der Waals surface area (Å²) < 4.78 is 0. The molecule has 23 heavy (non-hydrogen) atoms. The van der Waals surface area contributed by atoms with Gasteiger partial charge in [-0.05, 0) is 50.6 Å². The number of aliphatic imine (C=N–C) groups is 1. The first-order valence-electron chi connectivity index (χ1n) is 7.80. The zero-order valence-corrected chi connectivity index (χ0v) is 17.2. The van der Waals surface area contributed by atoms with Gasteiger partial charge < -0.3 is 16.0 Å². The van der Waals surface area contributed by atoms with Crippen molar-refractivity contribution in [2.24, 2.45) is 10.7 Å². The molecule has 2 rings (SSSR count). The minimum absolute atomic E-state index is 0. The van der Waals surface area contributed by atoms with Gasteiger partial charge in [-0.15, -0.1) is 24.0 Å². The SMILES string of the molecule is CC(NC(N)=NCCN1CCCCC1)c1ccc(Cl)cc1Cl.I. The molecule has 0 radical (unpaired) electrons.